The molecular formula is C50H63F4N13O17S. The van der Waals surface area contributed by atoms with Gasteiger partial charge in [0.1, 0.15) is 47.6 Å². The molecule has 0 radical (unpaired) electrons. The lowest BCUT2D eigenvalue weighted by Gasteiger charge is -2.39. The Hall–Kier alpha value is -7.89. The van der Waals surface area contributed by atoms with Crippen LogP contribution in [0.3, 0.4) is 0 Å². The number of nitrogens with one attached hydrogen (secondary N) is 1. The average Bonchev–Trinajstić information content (AvgIpc) is 3.34. The first-order chi connectivity index (χ1) is 40.3. The first-order valence-corrected chi connectivity index (χ1v) is 28.9. The number of H-pyrrole nitrogens is 1. The summed E-state index contributed by atoms with van der Waals surface area (Å²) in [5.41, 5.74) is -3.77. The molecule has 2 bridgehead atoms. The van der Waals surface area contributed by atoms with Gasteiger partial charge in [-0.25, -0.2) is 79.2 Å². The van der Waals surface area contributed by atoms with Gasteiger partial charge in [0, 0.05) is 70.5 Å². The van der Waals surface area contributed by atoms with E-state index in [4.69, 9.17) is 29.6 Å². The van der Waals surface area contributed by atoms with Gasteiger partial charge in [0.05, 0.1) is 51.8 Å². The standard InChI is InChI=1S/C23H28F2N4O3.C10H14FN3O5S.C9H12FN3O3.C6H7N3O2.C2H2O4/c24-16-5-3-15(4-6-16)14-32-20-10-18-7-8-19(11-20)28(18)12-17(25)13-29-22(30)26-21-2-1-9-27(21)23(29)31;1-20(17,18)19-6-7(11)5-14-9(15)12-8-3-2-4-13(8)10(14)16;10-6(5-14)4-13-8(15)11-7-2-1-3-12(7)9(13)16;10-5-7-4-2-1-3-9(4)6(11)8-5;3-1(4)2(5)6/h3-6,17-20H,1-2,7-14H2;7H,2-6H2,1H3;6,14H,1-5H2;1-3H2,(H,8,10,11);(H,3,4)(H,5,6)/t17-,18?,19?,20?;7-;6-;;/m100../s1. The van der Waals surface area contributed by atoms with Gasteiger partial charge in [0.15, 0.2) is 0 Å². The van der Waals surface area contributed by atoms with Crippen molar-refractivity contribution >= 4 is 22.1 Å². The SMILES string of the molecule is CS(=O)(=O)OC[C@@H](F)Cn1c(=O)nc2n(c1=O)CCC2.O=C(O)C(=O)O.O=c1nc2n(c(=O)[nH]1)CCC2.O=c1nc2n(c(=O)n1C[C@H](F)CN1C3CCC1CC(OCc1ccc(F)cc1)C3)CCC2.O=c1nc2n(c(=O)n1C[C@H](F)CO)CCC2. The van der Waals surface area contributed by atoms with E-state index < -0.39 is 107 Å². The molecule has 85 heavy (non-hydrogen) atoms. The summed E-state index contributed by atoms with van der Waals surface area (Å²) >= 11 is 0. The van der Waals surface area contributed by atoms with Crippen LogP contribution in [0.25, 0.3) is 0 Å². The number of rotatable bonds is 15. The zero-order valence-electron chi connectivity index (χ0n) is 45.9. The minimum absolute atomic E-state index is 0.0973. The number of carboxylic acid groups (broad SMARTS) is 2. The molecule has 0 aliphatic carbocycles. The molecule has 11 rings (SSSR count). The molecule has 6 aliphatic rings. The number of fused-ring (bicyclic) bond motifs is 6. The van der Waals surface area contributed by atoms with Crippen molar-refractivity contribution in [2.45, 2.75) is 166 Å². The molecule has 5 aromatic rings. The fourth-order valence-electron chi connectivity index (χ4n) is 10.5. The summed E-state index contributed by atoms with van der Waals surface area (Å²) < 4.78 is 94.5. The summed E-state index contributed by atoms with van der Waals surface area (Å²) in [6.45, 7) is 0.0665. The van der Waals surface area contributed by atoms with E-state index in [0.29, 0.717) is 86.3 Å². The zero-order chi connectivity index (χ0) is 61.9. The number of ether oxygens (including phenoxy) is 1. The maximum absolute atomic E-state index is 15.0. The van der Waals surface area contributed by atoms with E-state index >= 15 is 4.39 Å². The van der Waals surface area contributed by atoms with Gasteiger partial charge in [0.25, 0.3) is 10.1 Å². The first kappa shape index (κ1) is 64.7. The Labute approximate surface area is 477 Å². The maximum Gasteiger partial charge on any atom is 0.414 e. The van der Waals surface area contributed by atoms with Crippen LogP contribution in [0.4, 0.5) is 17.6 Å². The normalized spacial score (nSPS) is 19.0. The number of aliphatic hydroxyl groups is 1. The number of carbonyl (C=O) groups is 2. The van der Waals surface area contributed by atoms with Crippen LogP contribution in [0.5, 0.6) is 0 Å². The van der Waals surface area contributed by atoms with Gasteiger partial charge in [-0.15, -0.1) is 0 Å². The zero-order valence-corrected chi connectivity index (χ0v) is 46.7. The van der Waals surface area contributed by atoms with E-state index in [0.717, 1.165) is 72.3 Å². The molecule has 4 N–H and O–H groups in total. The van der Waals surface area contributed by atoms with Crippen LogP contribution in [-0.4, -0.2) is 160 Å². The third-order valence-corrected chi connectivity index (χ3v) is 15.0. The van der Waals surface area contributed by atoms with E-state index in [1.807, 2.05) is 0 Å². The molecule has 464 valence electrons. The van der Waals surface area contributed by atoms with Crippen LogP contribution < -0.4 is 45.5 Å². The molecule has 5 atom stereocenters. The highest BCUT2D eigenvalue weighted by Crippen LogP contribution is 2.37. The number of hydrogen-bond donors (Lipinski definition) is 4. The highest BCUT2D eigenvalue weighted by atomic mass is 32.2. The van der Waals surface area contributed by atoms with Crippen LogP contribution in [-0.2, 0) is 107 Å². The summed E-state index contributed by atoms with van der Waals surface area (Å²) in [6, 6.07) is 6.79. The number of piperidine rings is 1. The van der Waals surface area contributed by atoms with Gasteiger partial charge >= 0.3 is 57.5 Å². The number of aliphatic hydroxyl groups excluding tert-OH is 1. The lowest BCUT2D eigenvalue weighted by atomic mass is 9.99. The van der Waals surface area contributed by atoms with E-state index in [2.05, 4.69) is 34.0 Å². The Balaban J connectivity index is 0.000000168. The number of nitrogens with zero attached hydrogens (tertiary/aromatic N) is 12. The summed E-state index contributed by atoms with van der Waals surface area (Å²) in [5, 5.41) is 23.3. The molecule has 0 amide bonds. The van der Waals surface area contributed by atoms with Crippen molar-refractivity contribution in [1.29, 1.82) is 0 Å². The lowest BCUT2D eigenvalue weighted by molar-refractivity contribution is -0.159. The fraction of sp³-hybridized carbons (Fsp3) is 0.600. The average molecular weight is 1230 g/mol. The van der Waals surface area contributed by atoms with Crippen LogP contribution in [0.1, 0.15) is 80.2 Å². The molecule has 2 unspecified atom stereocenters. The number of carboxylic acids is 2. The van der Waals surface area contributed by atoms with Crippen molar-refractivity contribution < 1.29 is 59.8 Å². The van der Waals surface area contributed by atoms with E-state index in [1.165, 1.54) is 30.4 Å². The molecular weight excluding hydrogens is 1160 g/mol. The summed E-state index contributed by atoms with van der Waals surface area (Å²) in [5.74, 6) is -1.93. The van der Waals surface area contributed by atoms with Crippen molar-refractivity contribution in [2.24, 2.45) is 0 Å². The molecule has 2 fully saturated rings. The summed E-state index contributed by atoms with van der Waals surface area (Å²) in [6.07, 6.45) is 5.47. The highest BCUT2D eigenvalue weighted by Gasteiger charge is 2.42. The number of aromatic nitrogens is 12. The van der Waals surface area contributed by atoms with Crippen molar-refractivity contribution in [1.82, 2.24) is 61.8 Å². The predicted molar refractivity (Wildman–Crippen MR) is 286 cm³/mol. The molecule has 2 saturated heterocycles. The highest BCUT2D eigenvalue weighted by molar-refractivity contribution is 7.86. The minimum Gasteiger partial charge on any atom is -0.473 e. The van der Waals surface area contributed by atoms with Crippen molar-refractivity contribution in [2.75, 3.05) is 26.0 Å². The number of aromatic amines is 1. The van der Waals surface area contributed by atoms with E-state index in [-0.39, 0.29) is 42.8 Å². The number of alkyl halides is 3. The molecule has 1 aromatic carbocycles. The predicted octanol–water partition coefficient (Wildman–Crippen LogP) is -2.58. The third kappa shape index (κ3) is 17.2. The van der Waals surface area contributed by atoms with Crippen molar-refractivity contribution in [3.63, 3.8) is 0 Å². The molecule has 30 nitrogen and oxygen atoms in total. The number of aryl methyl sites for hydroxylation is 4. The van der Waals surface area contributed by atoms with Crippen LogP contribution in [0.2, 0.25) is 0 Å². The second-order valence-electron chi connectivity index (χ2n) is 20.6. The van der Waals surface area contributed by atoms with Gasteiger partial charge < -0.3 is 20.1 Å². The minimum atomic E-state index is -3.77. The van der Waals surface area contributed by atoms with Crippen LogP contribution in [0.15, 0.2) is 62.6 Å². The topological polar surface area (TPSA) is 389 Å². The Morgan fingerprint density at radius 1 is 0.624 bits per heavy atom. The summed E-state index contributed by atoms with van der Waals surface area (Å²) in [4.78, 5) is 131. The van der Waals surface area contributed by atoms with E-state index in [1.54, 1.807) is 12.1 Å². The Morgan fingerprint density at radius 2 is 1.04 bits per heavy atom. The Morgan fingerprint density at radius 3 is 1.46 bits per heavy atom. The smallest absolute Gasteiger partial charge is 0.414 e. The van der Waals surface area contributed by atoms with Crippen LogP contribution in [0, 0.1) is 5.82 Å². The summed E-state index contributed by atoms with van der Waals surface area (Å²) in [7, 11) is -3.77. The van der Waals surface area contributed by atoms with Gasteiger partial charge in [-0.2, -0.15) is 28.4 Å². The number of aliphatic carboxylic acids is 2. The number of halogens is 4. The lowest BCUT2D eigenvalue weighted by Crippen LogP contribution is -2.50. The monoisotopic (exact) mass is 1230 g/mol. The number of hydrogen-bond acceptors (Lipinski definition) is 20. The van der Waals surface area contributed by atoms with E-state index in [9.17, 15) is 59.9 Å². The van der Waals surface area contributed by atoms with Gasteiger partial charge in [0.2, 0.25) is 0 Å². The molecule has 0 saturated carbocycles. The van der Waals surface area contributed by atoms with Gasteiger partial charge in [-0.05, 0) is 69.1 Å². The van der Waals surface area contributed by atoms with Gasteiger partial charge in [-0.3, -0.25) is 32.3 Å². The quantitative estimate of drug-likeness (QED) is 0.0475. The molecule has 6 aliphatic heterocycles. The molecule has 35 heteroatoms. The molecule has 0 spiro atoms. The fourth-order valence-corrected chi connectivity index (χ4v) is 10.9. The van der Waals surface area contributed by atoms with Crippen molar-refractivity contribution in [3.05, 3.63) is 143 Å². The third-order valence-electron chi connectivity index (χ3n) is 14.5. The Kier molecular flexibility index (Phi) is 21.9. The largest absolute Gasteiger partial charge is 0.473 e. The second-order valence-corrected chi connectivity index (χ2v) is 22.2. The molecule has 10 heterocycles. The Bertz CT molecular complexity index is 3820. The maximum atomic E-state index is 15.0. The number of benzene rings is 1. The van der Waals surface area contributed by atoms with Crippen LogP contribution >= 0.6 is 0 Å². The first-order valence-electron chi connectivity index (χ1n) is 27.1. The molecule has 4 aromatic heterocycles. The van der Waals surface area contributed by atoms with Crippen molar-refractivity contribution in [3.8, 4) is 0 Å². The van der Waals surface area contributed by atoms with Gasteiger partial charge in [-0.1, -0.05) is 12.1 Å². The second kappa shape index (κ2) is 28.8.